The predicted molar refractivity (Wildman–Crippen MR) is 202 cm³/mol. The van der Waals surface area contributed by atoms with Crippen LogP contribution in [0.15, 0.2) is 84.9 Å². The van der Waals surface area contributed by atoms with Crippen molar-refractivity contribution in [3.05, 3.63) is 96.1 Å². The molecule has 1 aliphatic carbocycles. The van der Waals surface area contributed by atoms with E-state index >= 15 is 0 Å². The first-order chi connectivity index (χ1) is 26.0. The average molecular weight is 751 g/mol. The number of carbonyl (C=O) groups excluding carboxylic acids is 2. The third kappa shape index (κ3) is 12.4. The SMILES string of the molecule is O=C(NC1(C(=O)N[C@@H](CCCN2CCN(CC3CCOCC3)CC2)Cc2ccccc2)CCCC1)c1ccc(-c2ccccc2)cc1.O=C(O)C(F)(F)F. The molecule has 3 aliphatic rings. The Morgan fingerprint density at radius 1 is 0.815 bits per heavy atom. The first-order valence-electron chi connectivity index (χ1n) is 19.2. The van der Waals surface area contributed by atoms with Crippen LogP contribution >= 0.6 is 0 Å². The van der Waals surface area contributed by atoms with Gasteiger partial charge in [-0.3, -0.25) is 9.59 Å². The molecular weight excluding hydrogens is 697 g/mol. The summed E-state index contributed by atoms with van der Waals surface area (Å²) in [4.78, 5) is 41.7. The standard InChI is InChI=1S/C40H52N4O3.C2HF3O2/c45-38(36-17-15-35(16-18-36)34-12-5-2-6-13-34)42-40(21-7-8-22-40)39(46)41-37(30-32-10-3-1-4-11-32)14-9-23-43-24-26-44(27-25-43)31-33-19-28-47-29-20-33;3-2(4,5)1(6)7/h1-6,10-13,15-18,33,37H,7-9,14,19-31H2,(H,41,46)(H,42,45);(H,6,7)/t37-;/m0./s1. The second kappa shape index (κ2) is 19.9. The van der Waals surface area contributed by atoms with Crippen molar-refractivity contribution in [2.45, 2.75) is 75.5 Å². The summed E-state index contributed by atoms with van der Waals surface area (Å²) in [6.07, 6.45) is 3.25. The molecule has 1 saturated carbocycles. The second-order valence-corrected chi connectivity index (χ2v) is 14.7. The number of alkyl halides is 3. The zero-order valence-electron chi connectivity index (χ0n) is 30.9. The van der Waals surface area contributed by atoms with Gasteiger partial charge in [0.25, 0.3) is 5.91 Å². The molecule has 12 heteroatoms. The Balaban J connectivity index is 0.000000730. The van der Waals surface area contributed by atoms with Crippen molar-refractivity contribution in [3.8, 4) is 11.1 Å². The van der Waals surface area contributed by atoms with Gasteiger partial charge in [-0.1, -0.05) is 85.6 Å². The normalized spacial score (nSPS) is 18.6. The maximum absolute atomic E-state index is 14.1. The Kier molecular flexibility index (Phi) is 15.1. The topological polar surface area (TPSA) is 111 Å². The number of halogens is 3. The van der Waals surface area contributed by atoms with E-state index in [9.17, 15) is 22.8 Å². The van der Waals surface area contributed by atoms with Crippen molar-refractivity contribution in [3.63, 3.8) is 0 Å². The van der Waals surface area contributed by atoms with Crippen molar-refractivity contribution >= 4 is 17.8 Å². The van der Waals surface area contributed by atoms with Crippen LogP contribution in [-0.4, -0.2) is 103 Å². The number of benzene rings is 3. The third-order valence-electron chi connectivity index (χ3n) is 10.8. The van der Waals surface area contributed by atoms with Crippen molar-refractivity contribution in [2.24, 2.45) is 5.92 Å². The highest BCUT2D eigenvalue weighted by atomic mass is 19.4. The number of rotatable bonds is 13. The van der Waals surface area contributed by atoms with Crippen molar-refractivity contribution in [1.82, 2.24) is 20.4 Å². The molecular formula is C42H53F3N4O5. The van der Waals surface area contributed by atoms with Gasteiger partial charge in [0.1, 0.15) is 5.54 Å². The fourth-order valence-electron chi connectivity index (χ4n) is 7.62. The van der Waals surface area contributed by atoms with Crippen LogP contribution in [0.5, 0.6) is 0 Å². The zero-order valence-corrected chi connectivity index (χ0v) is 30.9. The first-order valence-corrected chi connectivity index (χ1v) is 19.2. The summed E-state index contributed by atoms with van der Waals surface area (Å²) in [5.41, 5.74) is 3.12. The largest absolute Gasteiger partial charge is 0.490 e. The number of carboxylic acids is 1. The summed E-state index contributed by atoms with van der Waals surface area (Å²) in [5.74, 6) is -2.19. The smallest absolute Gasteiger partial charge is 0.475 e. The van der Waals surface area contributed by atoms with Crippen molar-refractivity contribution in [2.75, 3.05) is 52.5 Å². The van der Waals surface area contributed by atoms with Crippen LogP contribution < -0.4 is 10.6 Å². The van der Waals surface area contributed by atoms with E-state index in [1.165, 1.54) is 24.9 Å². The molecule has 3 fully saturated rings. The van der Waals surface area contributed by atoms with E-state index in [0.29, 0.717) is 18.4 Å². The Labute approximate surface area is 316 Å². The number of hydrogen-bond acceptors (Lipinski definition) is 6. The highest BCUT2D eigenvalue weighted by molar-refractivity contribution is 5.99. The van der Waals surface area contributed by atoms with E-state index < -0.39 is 17.7 Å². The van der Waals surface area contributed by atoms with E-state index in [1.54, 1.807) is 0 Å². The number of nitrogens with one attached hydrogen (secondary N) is 2. The van der Waals surface area contributed by atoms with E-state index in [0.717, 1.165) is 95.1 Å². The van der Waals surface area contributed by atoms with Gasteiger partial charge in [0.2, 0.25) is 5.91 Å². The fraction of sp³-hybridized carbons (Fsp3) is 0.500. The summed E-state index contributed by atoms with van der Waals surface area (Å²) < 4.78 is 37.3. The molecule has 3 aromatic carbocycles. The molecule has 3 N–H and O–H groups in total. The summed E-state index contributed by atoms with van der Waals surface area (Å²) in [5, 5.41) is 13.8. The molecule has 54 heavy (non-hydrogen) atoms. The average Bonchev–Trinajstić information content (AvgIpc) is 3.66. The minimum atomic E-state index is -5.08. The molecule has 0 bridgehead atoms. The third-order valence-corrected chi connectivity index (χ3v) is 10.8. The lowest BCUT2D eigenvalue weighted by Crippen LogP contribution is -2.59. The van der Waals surface area contributed by atoms with E-state index in [4.69, 9.17) is 14.6 Å². The molecule has 0 spiro atoms. The Bertz CT molecular complexity index is 1600. The number of aliphatic carboxylic acids is 1. The van der Waals surface area contributed by atoms with Gasteiger partial charge in [-0.15, -0.1) is 0 Å². The van der Waals surface area contributed by atoms with Gasteiger partial charge >= 0.3 is 12.1 Å². The van der Waals surface area contributed by atoms with Crippen molar-refractivity contribution in [1.29, 1.82) is 0 Å². The van der Waals surface area contributed by atoms with Crippen LogP contribution in [0.2, 0.25) is 0 Å². The number of ether oxygens (including phenoxy) is 1. The van der Waals surface area contributed by atoms with Crippen LogP contribution in [0.1, 0.15) is 67.3 Å². The Morgan fingerprint density at radius 3 is 1.96 bits per heavy atom. The van der Waals surface area contributed by atoms with Crippen LogP contribution in [0.25, 0.3) is 11.1 Å². The van der Waals surface area contributed by atoms with Gasteiger partial charge in [0.05, 0.1) is 0 Å². The second-order valence-electron chi connectivity index (χ2n) is 14.7. The van der Waals surface area contributed by atoms with Gasteiger partial charge in [-0.25, -0.2) is 4.79 Å². The molecule has 2 aliphatic heterocycles. The number of amides is 2. The monoisotopic (exact) mass is 750 g/mol. The van der Waals surface area contributed by atoms with Gasteiger partial charge in [-0.2, -0.15) is 13.2 Å². The van der Waals surface area contributed by atoms with Gasteiger partial charge in [0.15, 0.2) is 0 Å². The van der Waals surface area contributed by atoms with Gasteiger partial charge in [-0.05, 0) is 86.2 Å². The lowest BCUT2D eigenvalue weighted by molar-refractivity contribution is -0.192. The van der Waals surface area contributed by atoms with Gasteiger partial charge in [0, 0.05) is 57.5 Å². The molecule has 3 aromatic rings. The minimum absolute atomic E-state index is 0.0132. The lowest BCUT2D eigenvalue weighted by atomic mass is 9.93. The number of carbonyl (C=O) groups is 3. The van der Waals surface area contributed by atoms with E-state index in [-0.39, 0.29) is 17.9 Å². The number of hydrogen-bond donors (Lipinski definition) is 3. The Morgan fingerprint density at radius 2 is 1.37 bits per heavy atom. The molecule has 0 radical (unpaired) electrons. The molecule has 2 saturated heterocycles. The molecule has 9 nitrogen and oxygen atoms in total. The van der Waals surface area contributed by atoms with E-state index in [1.807, 2.05) is 48.5 Å². The highest BCUT2D eigenvalue weighted by Gasteiger charge is 2.43. The van der Waals surface area contributed by atoms with Crippen LogP contribution in [0.4, 0.5) is 13.2 Å². The predicted octanol–water partition coefficient (Wildman–Crippen LogP) is 6.58. The summed E-state index contributed by atoms with van der Waals surface area (Å²) in [6.45, 7) is 8.59. The lowest BCUT2D eigenvalue weighted by Gasteiger charge is -2.37. The molecule has 6 rings (SSSR count). The molecule has 292 valence electrons. The quantitative estimate of drug-likeness (QED) is 0.181. The fourth-order valence-corrected chi connectivity index (χ4v) is 7.62. The molecule has 1 atom stereocenters. The molecule has 2 amide bonds. The first kappa shape index (κ1) is 40.9. The number of nitrogens with zero attached hydrogens (tertiary/aromatic N) is 2. The van der Waals surface area contributed by atoms with Crippen LogP contribution in [0.3, 0.4) is 0 Å². The maximum Gasteiger partial charge on any atom is 0.490 e. The summed E-state index contributed by atoms with van der Waals surface area (Å²) in [7, 11) is 0. The summed E-state index contributed by atoms with van der Waals surface area (Å²) >= 11 is 0. The number of piperazine rings is 1. The van der Waals surface area contributed by atoms with Crippen molar-refractivity contribution < 1.29 is 37.4 Å². The van der Waals surface area contributed by atoms with E-state index in [2.05, 4.69) is 56.8 Å². The molecule has 0 aromatic heterocycles. The van der Waals surface area contributed by atoms with Gasteiger partial charge < -0.3 is 30.3 Å². The minimum Gasteiger partial charge on any atom is -0.475 e. The van der Waals surface area contributed by atoms with Crippen LogP contribution in [-0.2, 0) is 20.7 Å². The molecule has 2 heterocycles. The zero-order chi connectivity index (χ0) is 38.4. The number of carboxylic acid groups (broad SMARTS) is 1. The maximum atomic E-state index is 14.1. The Hall–Kier alpha value is -4.26. The summed E-state index contributed by atoms with van der Waals surface area (Å²) in [6, 6.07) is 28.3. The van der Waals surface area contributed by atoms with Crippen LogP contribution in [0, 0.1) is 5.92 Å². The highest BCUT2D eigenvalue weighted by Crippen LogP contribution is 2.31. The molecule has 0 unspecified atom stereocenters.